The zero-order valence-corrected chi connectivity index (χ0v) is 19.5. The summed E-state index contributed by atoms with van der Waals surface area (Å²) in [7, 11) is -1.72. The van der Waals surface area contributed by atoms with E-state index in [-0.39, 0.29) is 11.0 Å². The van der Waals surface area contributed by atoms with E-state index < -0.39 is 8.32 Å². The molecule has 0 saturated heterocycles. The molecule has 0 aromatic heterocycles. The summed E-state index contributed by atoms with van der Waals surface area (Å²) < 4.78 is 11.5. The molecule has 3 rings (SSSR count). The van der Waals surface area contributed by atoms with Crippen molar-refractivity contribution in [3.05, 3.63) is 12.2 Å². The molecule has 3 saturated carbocycles. The van der Waals surface area contributed by atoms with Gasteiger partial charge in [0.25, 0.3) is 0 Å². The van der Waals surface area contributed by atoms with Crippen molar-refractivity contribution in [2.24, 2.45) is 5.92 Å². The van der Waals surface area contributed by atoms with E-state index in [9.17, 15) is 4.79 Å². The van der Waals surface area contributed by atoms with Crippen molar-refractivity contribution < 1.29 is 14.0 Å². The van der Waals surface area contributed by atoms with Crippen LogP contribution in [0.1, 0.15) is 66.2 Å². The number of esters is 1. The van der Waals surface area contributed by atoms with Crippen LogP contribution in [0.2, 0.25) is 18.1 Å². The molecular weight excluding hydrogens is 354 g/mol. The lowest BCUT2D eigenvalue weighted by Gasteiger charge is -2.53. The van der Waals surface area contributed by atoms with Crippen molar-refractivity contribution in [3.63, 3.8) is 0 Å². The molecule has 0 heterocycles. The van der Waals surface area contributed by atoms with Gasteiger partial charge in [-0.05, 0) is 69.5 Å². The SMILES string of the molecule is CCOC(=O)/C=C/CN(CCO[Si](C)(C)C(C)(C)C)C12CCC(CC1)CC2. The highest BCUT2D eigenvalue weighted by molar-refractivity contribution is 6.74. The van der Waals surface area contributed by atoms with Crippen LogP contribution in [-0.2, 0) is 14.0 Å². The number of hydrogen-bond donors (Lipinski definition) is 0. The van der Waals surface area contributed by atoms with Crippen LogP contribution in [0.15, 0.2) is 12.2 Å². The average molecular weight is 396 g/mol. The first kappa shape index (κ1) is 22.6. The Morgan fingerprint density at radius 1 is 1.19 bits per heavy atom. The molecule has 27 heavy (non-hydrogen) atoms. The number of fused-ring (bicyclic) bond motifs is 3. The van der Waals surface area contributed by atoms with Crippen LogP contribution in [0.3, 0.4) is 0 Å². The Hall–Kier alpha value is -0.653. The summed E-state index contributed by atoms with van der Waals surface area (Å²) >= 11 is 0. The summed E-state index contributed by atoms with van der Waals surface area (Å²) in [5, 5.41) is 0.239. The highest BCUT2D eigenvalue weighted by Crippen LogP contribution is 2.47. The maximum atomic E-state index is 11.7. The second-order valence-electron chi connectivity index (χ2n) is 9.92. The Morgan fingerprint density at radius 2 is 1.78 bits per heavy atom. The van der Waals surface area contributed by atoms with Crippen molar-refractivity contribution in [2.45, 2.75) is 89.9 Å². The number of nitrogens with zero attached hydrogens (tertiary/aromatic N) is 1. The normalized spacial score (nSPS) is 26.1. The van der Waals surface area contributed by atoms with Crippen LogP contribution in [0.25, 0.3) is 0 Å². The molecule has 0 aromatic rings. The lowest BCUT2D eigenvalue weighted by Crippen LogP contribution is -2.55. The van der Waals surface area contributed by atoms with Gasteiger partial charge in [-0.15, -0.1) is 0 Å². The second kappa shape index (κ2) is 9.23. The maximum Gasteiger partial charge on any atom is 0.330 e. The van der Waals surface area contributed by atoms with Crippen LogP contribution in [0.4, 0.5) is 0 Å². The number of ether oxygens (including phenoxy) is 1. The lowest BCUT2D eigenvalue weighted by molar-refractivity contribution is -0.137. The first-order chi connectivity index (χ1) is 12.6. The first-order valence-electron chi connectivity index (χ1n) is 10.8. The van der Waals surface area contributed by atoms with Gasteiger partial charge in [0, 0.05) is 31.3 Å². The van der Waals surface area contributed by atoms with Crippen LogP contribution < -0.4 is 0 Å². The molecule has 3 aliphatic carbocycles. The first-order valence-corrected chi connectivity index (χ1v) is 13.7. The zero-order valence-electron chi connectivity index (χ0n) is 18.5. The smallest absolute Gasteiger partial charge is 0.330 e. The van der Waals surface area contributed by atoms with Crippen LogP contribution in [0, 0.1) is 5.92 Å². The molecule has 156 valence electrons. The quantitative estimate of drug-likeness (QED) is 0.307. The highest BCUT2D eigenvalue weighted by atomic mass is 28.4. The summed E-state index contributed by atoms with van der Waals surface area (Å²) in [5.74, 6) is 0.715. The van der Waals surface area contributed by atoms with E-state index in [2.05, 4.69) is 38.8 Å². The predicted molar refractivity (Wildman–Crippen MR) is 114 cm³/mol. The van der Waals surface area contributed by atoms with Gasteiger partial charge in [-0.2, -0.15) is 0 Å². The third-order valence-corrected chi connectivity index (χ3v) is 11.8. The lowest BCUT2D eigenvalue weighted by atomic mass is 9.65. The van der Waals surface area contributed by atoms with Crippen molar-refractivity contribution in [1.29, 1.82) is 0 Å². The van der Waals surface area contributed by atoms with Crippen molar-refractivity contribution in [3.8, 4) is 0 Å². The Labute approximate surface area is 167 Å². The standard InChI is InChI=1S/C22H41NO3Si/c1-7-25-20(24)9-8-16-23(17-18-26-27(5,6)21(2,3)4)22-13-10-19(11-14-22)12-15-22/h8-9,19H,7,10-18H2,1-6H3/b9-8+. The summed E-state index contributed by atoms with van der Waals surface area (Å²) in [6, 6.07) is 0. The minimum atomic E-state index is -1.72. The fourth-order valence-electron chi connectivity index (χ4n) is 4.32. The largest absolute Gasteiger partial charge is 0.463 e. The monoisotopic (exact) mass is 395 g/mol. The zero-order chi connectivity index (χ0) is 20.1. The molecule has 0 aromatic carbocycles. The summed E-state index contributed by atoms with van der Waals surface area (Å²) in [6.45, 7) is 16.3. The van der Waals surface area contributed by atoms with Gasteiger partial charge in [-0.1, -0.05) is 26.8 Å². The number of hydrogen-bond acceptors (Lipinski definition) is 4. The van der Waals surface area contributed by atoms with Gasteiger partial charge >= 0.3 is 5.97 Å². The van der Waals surface area contributed by atoms with Crippen molar-refractivity contribution in [2.75, 3.05) is 26.3 Å². The molecular formula is C22H41NO3Si. The van der Waals surface area contributed by atoms with Crippen LogP contribution in [-0.4, -0.2) is 51.0 Å². The number of rotatable bonds is 9. The average Bonchev–Trinajstić information content (AvgIpc) is 2.61. The second-order valence-corrected chi connectivity index (χ2v) is 14.7. The molecule has 0 radical (unpaired) electrons. The van der Waals surface area contributed by atoms with E-state index in [1.54, 1.807) is 6.08 Å². The van der Waals surface area contributed by atoms with E-state index in [0.717, 1.165) is 25.6 Å². The molecule has 0 atom stereocenters. The van der Waals surface area contributed by atoms with E-state index in [1.807, 2.05) is 13.0 Å². The molecule has 0 unspecified atom stereocenters. The summed E-state index contributed by atoms with van der Waals surface area (Å²) in [4.78, 5) is 14.3. The fourth-order valence-corrected chi connectivity index (χ4v) is 5.35. The van der Waals surface area contributed by atoms with Gasteiger partial charge in [-0.25, -0.2) is 4.79 Å². The molecule has 0 amide bonds. The fraction of sp³-hybridized carbons (Fsp3) is 0.864. The molecule has 0 N–H and O–H groups in total. The molecule has 4 nitrogen and oxygen atoms in total. The molecule has 0 aliphatic heterocycles. The number of carbonyl (C=O) groups excluding carboxylic acids is 1. The Kier molecular flexibility index (Phi) is 7.74. The topological polar surface area (TPSA) is 38.8 Å². The molecule has 5 heteroatoms. The number of carbonyl (C=O) groups is 1. The van der Waals surface area contributed by atoms with Crippen molar-refractivity contribution >= 4 is 14.3 Å². The molecule has 2 bridgehead atoms. The van der Waals surface area contributed by atoms with E-state index in [0.29, 0.717) is 12.1 Å². The van der Waals surface area contributed by atoms with Crippen LogP contribution in [0.5, 0.6) is 0 Å². The van der Waals surface area contributed by atoms with Gasteiger partial charge in [0.05, 0.1) is 6.61 Å². The van der Waals surface area contributed by atoms with Gasteiger partial charge in [0.15, 0.2) is 8.32 Å². The van der Waals surface area contributed by atoms with E-state index in [1.165, 1.54) is 38.5 Å². The Bertz CT molecular complexity index is 502. The van der Waals surface area contributed by atoms with Crippen molar-refractivity contribution in [1.82, 2.24) is 4.90 Å². The van der Waals surface area contributed by atoms with Crippen LogP contribution >= 0.6 is 0 Å². The maximum absolute atomic E-state index is 11.7. The van der Waals surface area contributed by atoms with Gasteiger partial charge < -0.3 is 9.16 Å². The minimum Gasteiger partial charge on any atom is -0.463 e. The summed E-state index contributed by atoms with van der Waals surface area (Å²) in [5.41, 5.74) is 0.310. The van der Waals surface area contributed by atoms with Gasteiger partial charge in [0.2, 0.25) is 0 Å². The third kappa shape index (κ3) is 5.91. The predicted octanol–water partition coefficient (Wildman–Crippen LogP) is 5.15. The Balaban J connectivity index is 2.00. The molecule has 0 spiro atoms. The van der Waals surface area contributed by atoms with Gasteiger partial charge in [0.1, 0.15) is 0 Å². The van der Waals surface area contributed by atoms with E-state index >= 15 is 0 Å². The van der Waals surface area contributed by atoms with Gasteiger partial charge in [-0.3, -0.25) is 4.90 Å². The Morgan fingerprint density at radius 3 is 2.30 bits per heavy atom. The minimum absolute atomic E-state index is 0.236. The third-order valence-electron chi connectivity index (χ3n) is 7.22. The van der Waals surface area contributed by atoms with E-state index in [4.69, 9.17) is 9.16 Å². The highest BCUT2D eigenvalue weighted by Gasteiger charge is 2.44. The molecule has 3 aliphatic rings. The summed E-state index contributed by atoms with van der Waals surface area (Å²) in [6.07, 6.45) is 11.6. The molecule has 3 fully saturated rings.